The third-order valence-electron chi connectivity index (χ3n) is 4.09. The summed E-state index contributed by atoms with van der Waals surface area (Å²) >= 11 is 6.12. The minimum absolute atomic E-state index is 0.189. The summed E-state index contributed by atoms with van der Waals surface area (Å²) < 4.78 is 5.56. The van der Waals surface area contributed by atoms with Crippen LogP contribution in [0.2, 0.25) is 5.02 Å². The van der Waals surface area contributed by atoms with Crippen molar-refractivity contribution >= 4 is 41.2 Å². The first-order chi connectivity index (χ1) is 13.4. The maximum absolute atomic E-state index is 12.9. The summed E-state index contributed by atoms with van der Waals surface area (Å²) in [6, 6.07) is 10.9. The molecule has 0 unspecified atom stereocenters. The number of urea groups is 1. The van der Waals surface area contributed by atoms with Gasteiger partial charge in [0.05, 0.1) is 5.69 Å². The van der Waals surface area contributed by atoms with Crippen LogP contribution in [0, 0.1) is 6.92 Å². The Bertz CT molecular complexity index is 1010. The van der Waals surface area contributed by atoms with Gasteiger partial charge in [-0.2, -0.15) is 0 Å². The first kappa shape index (κ1) is 19.4. The van der Waals surface area contributed by atoms with Gasteiger partial charge in [-0.1, -0.05) is 48.5 Å². The number of benzene rings is 2. The van der Waals surface area contributed by atoms with E-state index in [9.17, 15) is 14.4 Å². The normalized spacial score (nSPS) is 15.6. The topological polar surface area (TPSA) is 75.7 Å². The van der Waals surface area contributed by atoms with Crippen molar-refractivity contribution in [2.24, 2.45) is 0 Å². The number of rotatable bonds is 5. The number of barbiturate groups is 1. The van der Waals surface area contributed by atoms with Crippen LogP contribution in [0.15, 0.2) is 60.7 Å². The summed E-state index contributed by atoms with van der Waals surface area (Å²) in [4.78, 5) is 38.4. The molecule has 7 heteroatoms. The fourth-order valence-corrected chi connectivity index (χ4v) is 2.82. The molecule has 2 aromatic carbocycles. The SMILES string of the molecule is C=CCOc1ccccc1/C=C1\C(=O)NC(=O)N(c2ccc(C)c(Cl)c2)C1=O. The average Bonchev–Trinajstić information content (AvgIpc) is 2.67. The zero-order valence-electron chi connectivity index (χ0n) is 15.1. The number of carbonyl (C=O) groups excluding carboxylic acids is 3. The summed E-state index contributed by atoms with van der Waals surface area (Å²) in [5, 5.41) is 2.59. The van der Waals surface area contributed by atoms with Gasteiger partial charge in [-0.05, 0) is 36.8 Å². The molecule has 0 atom stereocenters. The molecule has 6 nitrogen and oxygen atoms in total. The van der Waals surface area contributed by atoms with E-state index in [1.165, 1.54) is 12.1 Å². The highest BCUT2D eigenvalue weighted by Gasteiger charge is 2.37. The zero-order valence-corrected chi connectivity index (χ0v) is 15.8. The Morgan fingerprint density at radius 1 is 1.18 bits per heavy atom. The molecule has 1 fully saturated rings. The largest absolute Gasteiger partial charge is 0.489 e. The van der Waals surface area contributed by atoms with Crippen molar-refractivity contribution in [3.05, 3.63) is 76.8 Å². The van der Waals surface area contributed by atoms with Crippen LogP contribution in [-0.4, -0.2) is 24.5 Å². The summed E-state index contributed by atoms with van der Waals surface area (Å²) in [6.45, 7) is 5.67. The molecule has 0 aliphatic carbocycles. The number of halogens is 1. The van der Waals surface area contributed by atoms with E-state index in [4.69, 9.17) is 16.3 Å². The fourth-order valence-electron chi connectivity index (χ4n) is 2.65. The maximum atomic E-state index is 12.9. The molecule has 1 N–H and O–H groups in total. The smallest absolute Gasteiger partial charge is 0.335 e. The predicted molar refractivity (Wildman–Crippen MR) is 107 cm³/mol. The highest BCUT2D eigenvalue weighted by atomic mass is 35.5. The number of hydrogen-bond donors (Lipinski definition) is 1. The van der Waals surface area contributed by atoms with Crippen LogP contribution in [-0.2, 0) is 9.59 Å². The minimum Gasteiger partial charge on any atom is -0.489 e. The van der Waals surface area contributed by atoms with Crippen LogP contribution in [0.1, 0.15) is 11.1 Å². The lowest BCUT2D eigenvalue weighted by Crippen LogP contribution is -2.54. The van der Waals surface area contributed by atoms with E-state index < -0.39 is 17.8 Å². The van der Waals surface area contributed by atoms with E-state index in [0.29, 0.717) is 16.3 Å². The van der Waals surface area contributed by atoms with Crippen LogP contribution in [0.25, 0.3) is 6.08 Å². The maximum Gasteiger partial charge on any atom is 0.335 e. The average molecular weight is 397 g/mol. The van der Waals surface area contributed by atoms with Gasteiger partial charge in [0.2, 0.25) is 0 Å². The van der Waals surface area contributed by atoms with Crippen molar-refractivity contribution in [1.82, 2.24) is 5.32 Å². The highest BCUT2D eigenvalue weighted by molar-refractivity contribution is 6.39. The fraction of sp³-hybridized carbons (Fsp3) is 0.0952. The van der Waals surface area contributed by atoms with Gasteiger partial charge in [0.25, 0.3) is 11.8 Å². The second-order valence-electron chi connectivity index (χ2n) is 6.03. The van der Waals surface area contributed by atoms with E-state index in [-0.39, 0.29) is 17.9 Å². The van der Waals surface area contributed by atoms with Gasteiger partial charge in [-0.25, -0.2) is 9.69 Å². The van der Waals surface area contributed by atoms with Gasteiger partial charge < -0.3 is 4.74 Å². The number of carbonyl (C=O) groups is 3. The first-order valence-electron chi connectivity index (χ1n) is 8.42. The number of para-hydroxylation sites is 1. The Kier molecular flexibility index (Phi) is 5.61. The van der Waals surface area contributed by atoms with E-state index in [2.05, 4.69) is 11.9 Å². The number of ether oxygens (including phenoxy) is 1. The number of hydrogen-bond acceptors (Lipinski definition) is 4. The highest BCUT2D eigenvalue weighted by Crippen LogP contribution is 2.28. The number of aryl methyl sites for hydroxylation is 1. The first-order valence-corrected chi connectivity index (χ1v) is 8.80. The van der Waals surface area contributed by atoms with Crippen molar-refractivity contribution in [2.45, 2.75) is 6.92 Å². The molecule has 28 heavy (non-hydrogen) atoms. The summed E-state index contributed by atoms with van der Waals surface area (Å²) in [6.07, 6.45) is 2.98. The molecular weight excluding hydrogens is 380 g/mol. The number of nitrogens with one attached hydrogen (secondary N) is 1. The van der Waals surface area contributed by atoms with Crippen LogP contribution in [0.5, 0.6) is 5.75 Å². The molecule has 142 valence electrons. The third-order valence-corrected chi connectivity index (χ3v) is 4.50. The number of imide groups is 2. The van der Waals surface area contributed by atoms with Gasteiger partial charge >= 0.3 is 6.03 Å². The van der Waals surface area contributed by atoms with Gasteiger partial charge in [0.15, 0.2) is 0 Å². The Morgan fingerprint density at radius 3 is 2.64 bits per heavy atom. The van der Waals surface area contributed by atoms with Gasteiger partial charge in [-0.15, -0.1) is 0 Å². The molecule has 0 spiro atoms. The molecule has 1 aliphatic rings. The Hall–Kier alpha value is -3.38. The third kappa shape index (κ3) is 3.82. The Balaban J connectivity index is 2.02. The van der Waals surface area contributed by atoms with E-state index in [1.807, 2.05) is 0 Å². The molecule has 0 aromatic heterocycles. The van der Waals surface area contributed by atoms with Crippen molar-refractivity contribution < 1.29 is 19.1 Å². The Labute approximate surface area is 167 Å². The monoisotopic (exact) mass is 396 g/mol. The van der Waals surface area contributed by atoms with Crippen molar-refractivity contribution in [3.63, 3.8) is 0 Å². The molecular formula is C21H17ClN2O4. The molecule has 1 saturated heterocycles. The summed E-state index contributed by atoms with van der Waals surface area (Å²) in [7, 11) is 0. The van der Waals surface area contributed by atoms with Crippen molar-refractivity contribution in [1.29, 1.82) is 0 Å². The lowest BCUT2D eigenvalue weighted by atomic mass is 10.1. The van der Waals surface area contributed by atoms with Gasteiger partial charge in [0, 0.05) is 10.6 Å². The minimum atomic E-state index is -0.830. The van der Waals surface area contributed by atoms with E-state index >= 15 is 0 Å². The van der Waals surface area contributed by atoms with E-state index in [1.54, 1.807) is 49.4 Å². The number of amides is 4. The number of anilines is 1. The van der Waals surface area contributed by atoms with Crippen molar-refractivity contribution in [3.8, 4) is 5.75 Å². The second-order valence-corrected chi connectivity index (χ2v) is 6.44. The van der Waals surface area contributed by atoms with Gasteiger partial charge in [-0.3, -0.25) is 14.9 Å². The molecule has 1 heterocycles. The van der Waals surface area contributed by atoms with Crippen LogP contribution < -0.4 is 15.0 Å². The lowest BCUT2D eigenvalue weighted by molar-refractivity contribution is -0.122. The summed E-state index contributed by atoms with van der Waals surface area (Å²) in [5.74, 6) is -1.03. The molecule has 4 amide bonds. The molecule has 2 aromatic rings. The standard InChI is InChI=1S/C21H17ClN2O4/c1-3-10-28-18-7-5-4-6-14(18)11-16-19(25)23-21(27)24(20(16)26)15-9-8-13(2)17(22)12-15/h3-9,11-12H,1,10H2,2H3,(H,23,25,27)/b16-11+. The van der Waals surface area contributed by atoms with Crippen LogP contribution in [0.4, 0.5) is 10.5 Å². The van der Waals surface area contributed by atoms with Gasteiger partial charge in [0.1, 0.15) is 17.9 Å². The molecule has 3 rings (SSSR count). The number of nitrogens with zero attached hydrogens (tertiary/aromatic N) is 1. The lowest BCUT2D eigenvalue weighted by Gasteiger charge is -2.26. The second kappa shape index (κ2) is 8.10. The van der Waals surface area contributed by atoms with Crippen LogP contribution >= 0.6 is 11.6 Å². The molecule has 0 radical (unpaired) electrons. The van der Waals surface area contributed by atoms with E-state index in [0.717, 1.165) is 10.5 Å². The molecule has 0 saturated carbocycles. The predicted octanol–water partition coefficient (Wildman–Crippen LogP) is 3.88. The Morgan fingerprint density at radius 2 is 1.93 bits per heavy atom. The quantitative estimate of drug-likeness (QED) is 0.472. The molecule has 1 aliphatic heterocycles. The summed E-state index contributed by atoms with van der Waals surface area (Å²) in [5.41, 5.74) is 1.41. The van der Waals surface area contributed by atoms with Crippen LogP contribution in [0.3, 0.4) is 0 Å². The molecule has 0 bridgehead atoms. The zero-order chi connectivity index (χ0) is 20.3. The van der Waals surface area contributed by atoms with Crippen molar-refractivity contribution in [2.75, 3.05) is 11.5 Å².